The van der Waals surface area contributed by atoms with Crippen LogP contribution in [0, 0.1) is 0 Å². The number of hydrogen-bond acceptors (Lipinski definition) is 6. The van der Waals surface area contributed by atoms with E-state index in [-0.39, 0.29) is 17.2 Å². The van der Waals surface area contributed by atoms with Gasteiger partial charge in [0, 0.05) is 11.9 Å². The second-order valence-corrected chi connectivity index (χ2v) is 4.42. The Bertz CT molecular complexity index is 397. The minimum Gasteiger partial charge on any atom is -0.468 e. The average molecular weight is 225 g/mol. The quantitative estimate of drug-likeness (QED) is 0.696. The van der Waals surface area contributed by atoms with Crippen LogP contribution in [0.3, 0.4) is 0 Å². The summed E-state index contributed by atoms with van der Waals surface area (Å²) in [5.41, 5.74) is 7.39. The summed E-state index contributed by atoms with van der Waals surface area (Å²) in [5, 5.41) is -0.144. The molecule has 2 rings (SSSR count). The number of hydrogen-bond donors (Lipinski definition) is 1. The summed E-state index contributed by atoms with van der Waals surface area (Å²) >= 11 is 1.53. The molecule has 1 atom stereocenters. The third kappa shape index (κ3) is 2.04. The van der Waals surface area contributed by atoms with Crippen LogP contribution in [0.2, 0.25) is 0 Å². The Kier molecular flexibility index (Phi) is 2.77. The fourth-order valence-electron chi connectivity index (χ4n) is 1.47. The van der Waals surface area contributed by atoms with Crippen LogP contribution in [0.15, 0.2) is 6.20 Å². The molecule has 5 nitrogen and oxygen atoms in total. The van der Waals surface area contributed by atoms with Crippen LogP contribution in [0.25, 0.3) is 0 Å². The van der Waals surface area contributed by atoms with E-state index in [2.05, 4.69) is 9.97 Å². The van der Waals surface area contributed by atoms with E-state index >= 15 is 0 Å². The van der Waals surface area contributed by atoms with Gasteiger partial charge < -0.3 is 10.5 Å². The molecule has 0 unspecified atom stereocenters. The maximum absolute atomic E-state index is 11.3. The van der Waals surface area contributed by atoms with Gasteiger partial charge in [-0.2, -0.15) is 0 Å². The Morgan fingerprint density at radius 1 is 1.73 bits per heavy atom. The SMILES string of the molecule is COC(=O)[C@@H]1Cc2cnc(N)nc2CS1. The van der Waals surface area contributed by atoms with Crippen LogP contribution in [-0.4, -0.2) is 28.3 Å². The summed E-state index contributed by atoms with van der Waals surface area (Å²) in [7, 11) is 1.40. The van der Waals surface area contributed by atoms with E-state index in [1.165, 1.54) is 18.9 Å². The number of esters is 1. The molecule has 0 bridgehead atoms. The van der Waals surface area contributed by atoms with Gasteiger partial charge in [-0.05, 0) is 12.0 Å². The highest BCUT2D eigenvalue weighted by atomic mass is 32.2. The number of fused-ring (bicyclic) bond motifs is 1. The lowest BCUT2D eigenvalue weighted by Gasteiger charge is -2.20. The van der Waals surface area contributed by atoms with E-state index in [1.54, 1.807) is 6.20 Å². The number of carbonyl (C=O) groups is 1. The molecule has 2 heterocycles. The van der Waals surface area contributed by atoms with Crippen LogP contribution in [-0.2, 0) is 21.7 Å². The lowest BCUT2D eigenvalue weighted by atomic mass is 10.1. The number of ether oxygens (including phenoxy) is 1. The number of nitrogens with two attached hydrogens (primary N) is 1. The first-order chi connectivity index (χ1) is 7.20. The Morgan fingerprint density at radius 2 is 2.53 bits per heavy atom. The molecule has 15 heavy (non-hydrogen) atoms. The predicted octanol–water partition coefficient (Wildman–Crippen LogP) is 0.390. The van der Waals surface area contributed by atoms with Crippen molar-refractivity contribution in [3.8, 4) is 0 Å². The highest BCUT2D eigenvalue weighted by molar-refractivity contribution is 7.99. The van der Waals surface area contributed by atoms with E-state index in [0.29, 0.717) is 12.2 Å². The Hall–Kier alpha value is -1.30. The fraction of sp³-hybridized carbons (Fsp3) is 0.444. The normalized spacial score (nSPS) is 19.4. The molecular formula is C9H11N3O2S. The molecule has 2 N–H and O–H groups in total. The molecule has 0 aliphatic carbocycles. The minimum absolute atomic E-state index is 0.144. The van der Waals surface area contributed by atoms with Crippen LogP contribution in [0.5, 0.6) is 0 Å². The van der Waals surface area contributed by atoms with Gasteiger partial charge in [0.25, 0.3) is 0 Å². The van der Waals surface area contributed by atoms with Gasteiger partial charge in [-0.3, -0.25) is 4.79 Å². The smallest absolute Gasteiger partial charge is 0.319 e. The summed E-state index contributed by atoms with van der Waals surface area (Å²) in [4.78, 5) is 19.4. The van der Waals surface area contributed by atoms with Crippen molar-refractivity contribution in [2.45, 2.75) is 17.4 Å². The summed E-state index contributed by atoms with van der Waals surface area (Å²) in [6.45, 7) is 0. The highest BCUT2D eigenvalue weighted by Gasteiger charge is 2.26. The standard InChI is InChI=1S/C9H11N3O2S/c1-14-8(13)7-2-5-3-11-9(10)12-6(5)4-15-7/h3,7H,2,4H2,1H3,(H2,10,11,12)/t7-/m0/s1. The first-order valence-electron chi connectivity index (χ1n) is 4.50. The van der Waals surface area contributed by atoms with Crippen LogP contribution >= 0.6 is 11.8 Å². The van der Waals surface area contributed by atoms with Crippen molar-refractivity contribution < 1.29 is 9.53 Å². The summed E-state index contributed by atoms with van der Waals surface area (Å²) in [6.07, 6.45) is 2.31. The van der Waals surface area contributed by atoms with Gasteiger partial charge >= 0.3 is 5.97 Å². The highest BCUT2D eigenvalue weighted by Crippen LogP contribution is 2.29. The van der Waals surface area contributed by atoms with Crippen molar-refractivity contribution in [1.82, 2.24) is 9.97 Å². The van der Waals surface area contributed by atoms with Crippen LogP contribution in [0.4, 0.5) is 5.95 Å². The zero-order valence-corrected chi connectivity index (χ0v) is 9.08. The number of methoxy groups -OCH3 is 1. The monoisotopic (exact) mass is 225 g/mol. The van der Waals surface area contributed by atoms with Gasteiger partial charge in [0.05, 0.1) is 12.8 Å². The number of rotatable bonds is 1. The van der Waals surface area contributed by atoms with Gasteiger partial charge in [-0.1, -0.05) is 0 Å². The molecule has 1 aliphatic rings. The number of nitrogens with zero attached hydrogens (tertiary/aromatic N) is 2. The maximum atomic E-state index is 11.3. The fourth-order valence-corrected chi connectivity index (χ4v) is 2.61. The van der Waals surface area contributed by atoms with Gasteiger partial charge in [-0.25, -0.2) is 9.97 Å². The number of carbonyl (C=O) groups excluding carboxylic acids is 1. The molecule has 0 fully saturated rings. The topological polar surface area (TPSA) is 78.1 Å². The van der Waals surface area contributed by atoms with E-state index < -0.39 is 0 Å². The van der Waals surface area contributed by atoms with Crippen molar-refractivity contribution in [3.63, 3.8) is 0 Å². The first kappa shape index (κ1) is 10.2. The van der Waals surface area contributed by atoms with Crippen molar-refractivity contribution in [1.29, 1.82) is 0 Å². The first-order valence-corrected chi connectivity index (χ1v) is 5.55. The molecule has 0 spiro atoms. The number of nitrogen functional groups attached to an aromatic ring is 1. The molecule has 0 aromatic carbocycles. The lowest BCUT2D eigenvalue weighted by Crippen LogP contribution is -2.25. The van der Waals surface area contributed by atoms with Crippen LogP contribution in [0.1, 0.15) is 11.3 Å². The second-order valence-electron chi connectivity index (χ2n) is 3.23. The molecule has 0 amide bonds. The van der Waals surface area contributed by atoms with Crippen molar-refractivity contribution in [3.05, 3.63) is 17.5 Å². The number of anilines is 1. The molecule has 6 heteroatoms. The van der Waals surface area contributed by atoms with Crippen molar-refractivity contribution in [2.24, 2.45) is 0 Å². The van der Waals surface area contributed by atoms with Gasteiger partial charge in [-0.15, -0.1) is 11.8 Å². The number of thioether (sulfide) groups is 1. The molecule has 1 aromatic heterocycles. The molecule has 0 radical (unpaired) electrons. The van der Waals surface area contributed by atoms with E-state index in [4.69, 9.17) is 10.5 Å². The van der Waals surface area contributed by atoms with Crippen molar-refractivity contribution in [2.75, 3.05) is 12.8 Å². The molecule has 0 saturated heterocycles. The summed E-state index contributed by atoms with van der Waals surface area (Å²) < 4.78 is 4.70. The summed E-state index contributed by atoms with van der Waals surface area (Å²) in [5.74, 6) is 0.773. The van der Waals surface area contributed by atoms with E-state index in [0.717, 1.165) is 11.3 Å². The zero-order valence-electron chi connectivity index (χ0n) is 8.27. The Balaban J connectivity index is 2.20. The predicted molar refractivity (Wildman–Crippen MR) is 57.2 cm³/mol. The third-order valence-electron chi connectivity index (χ3n) is 2.26. The number of aromatic nitrogens is 2. The summed E-state index contributed by atoms with van der Waals surface area (Å²) in [6, 6.07) is 0. The molecule has 0 saturated carbocycles. The molecule has 1 aliphatic heterocycles. The Morgan fingerprint density at radius 3 is 3.27 bits per heavy atom. The largest absolute Gasteiger partial charge is 0.468 e. The van der Waals surface area contributed by atoms with Crippen molar-refractivity contribution >= 4 is 23.7 Å². The molecule has 1 aromatic rings. The third-order valence-corrected chi connectivity index (χ3v) is 3.47. The van der Waals surface area contributed by atoms with Gasteiger partial charge in [0.1, 0.15) is 5.25 Å². The van der Waals surface area contributed by atoms with E-state index in [1.807, 2.05) is 0 Å². The van der Waals surface area contributed by atoms with Gasteiger partial charge in [0.15, 0.2) is 0 Å². The Labute approximate surface area is 91.4 Å². The maximum Gasteiger partial charge on any atom is 0.319 e. The van der Waals surface area contributed by atoms with Gasteiger partial charge in [0.2, 0.25) is 5.95 Å². The lowest BCUT2D eigenvalue weighted by molar-refractivity contribution is -0.139. The van der Waals surface area contributed by atoms with Crippen LogP contribution < -0.4 is 5.73 Å². The molecule has 80 valence electrons. The second kappa shape index (κ2) is 4.06. The van der Waals surface area contributed by atoms with E-state index in [9.17, 15) is 4.79 Å². The molecular weight excluding hydrogens is 214 g/mol. The average Bonchev–Trinajstić information content (AvgIpc) is 2.27. The minimum atomic E-state index is -0.192. The zero-order chi connectivity index (χ0) is 10.8.